The summed E-state index contributed by atoms with van der Waals surface area (Å²) in [5, 5.41) is 4.74. The van der Waals surface area contributed by atoms with Crippen molar-refractivity contribution in [1.29, 1.82) is 0 Å². The number of nitrogens with one attached hydrogen (secondary N) is 2. The highest BCUT2D eigenvalue weighted by atomic mass is 19.1. The van der Waals surface area contributed by atoms with Gasteiger partial charge in [-0.1, -0.05) is 39.0 Å². The molecule has 1 aromatic heterocycles. The van der Waals surface area contributed by atoms with E-state index in [1.54, 1.807) is 39.2 Å². The number of benzene rings is 2. The van der Waals surface area contributed by atoms with Crippen molar-refractivity contribution in [3.8, 4) is 11.5 Å². The third-order valence-electron chi connectivity index (χ3n) is 8.65. The van der Waals surface area contributed by atoms with E-state index < -0.39 is 30.0 Å². The monoisotopic (exact) mass is 603 g/mol. The summed E-state index contributed by atoms with van der Waals surface area (Å²) in [6, 6.07) is 17.1. The lowest BCUT2D eigenvalue weighted by Gasteiger charge is -2.38. The number of aromatic nitrogens is 1. The Morgan fingerprint density at radius 2 is 1.75 bits per heavy atom. The molecule has 2 aliphatic carbocycles. The molecule has 2 aromatic carbocycles. The molecule has 0 aliphatic heterocycles. The van der Waals surface area contributed by atoms with Gasteiger partial charge in [-0.3, -0.25) is 24.9 Å². The van der Waals surface area contributed by atoms with Gasteiger partial charge in [0.25, 0.3) is 0 Å². The summed E-state index contributed by atoms with van der Waals surface area (Å²) in [5.74, 6) is 0.265. The number of hydrogen-bond donors (Lipinski definition) is 3. The van der Waals surface area contributed by atoms with Crippen LogP contribution in [0.15, 0.2) is 73.1 Å². The third-order valence-corrected chi connectivity index (χ3v) is 8.65. The van der Waals surface area contributed by atoms with Crippen LogP contribution in [0.4, 0.5) is 4.39 Å². The van der Waals surface area contributed by atoms with Crippen molar-refractivity contribution in [3.05, 3.63) is 90.0 Å². The molecule has 2 aliphatic rings. The minimum atomic E-state index is -0.909. The number of amides is 2. The van der Waals surface area contributed by atoms with Crippen molar-refractivity contribution in [1.82, 2.24) is 20.7 Å². The van der Waals surface area contributed by atoms with E-state index in [0.717, 1.165) is 23.7 Å². The lowest BCUT2D eigenvalue weighted by molar-refractivity contribution is -0.146. The molecule has 2 saturated carbocycles. The zero-order valence-corrected chi connectivity index (χ0v) is 25.5. The molecule has 6 atom stereocenters. The van der Waals surface area contributed by atoms with Gasteiger partial charge in [0.15, 0.2) is 6.23 Å². The Morgan fingerprint density at radius 1 is 1.02 bits per heavy atom. The fourth-order valence-electron chi connectivity index (χ4n) is 6.09. The molecule has 4 N–H and O–H groups in total. The first-order valence-electron chi connectivity index (χ1n) is 15.4. The molecule has 0 radical (unpaired) electrons. The van der Waals surface area contributed by atoms with Gasteiger partial charge >= 0.3 is 0 Å². The summed E-state index contributed by atoms with van der Waals surface area (Å²) in [6.07, 6.45) is 6.78. The minimum absolute atomic E-state index is 0.237. The molecule has 6 unspecified atom stereocenters. The Balaban J connectivity index is 1.35. The van der Waals surface area contributed by atoms with Crippen molar-refractivity contribution in [2.24, 2.45) is 29.4 Å². The van der Waals surface area contributed by atoms with E-state index in [9.17, 15) is 14.0 Å². The fourth-order valence-corrected chi connectivity index (χ4v) is 6.09. The summed E-state index contributed by atoms with van der Waals surface area (Å²) in [7, 11) is 0. The predicted octanol–water partition coefficient (Wildman–Crippen LogP) is 5.09. The minimum Gasteiger partial charge on any atom is -0.490 e. The van der Waals surface area contributed by atoms with Crippen LogP contribution >= 0.6 is 0 Å². The number of fused-ring (bicyclic) bond motifs is 2. The van der Waals surface area contributed by atoms with Crippen molar-refractivity contribution in [3.63, 3.8) is 0 Å². The van der Waals surface area contributed by atoms with Gasteiger partial charge in [0, 0.05) is 30.4 Å². The lowest BCUT2D eigenvalue weighted by Crippen LogP contribution is -2.61. The first-order valence-corrected chi connectivity index (χ1v) is 15.4. The van der Waals surface area contributed by atoms with Gasteiger partial charge in [-0.2, -0.15) is 0 Å². The highest BCUT2D eigenvalue weighted by Crippen LogP contribution is 2.46. The third kappa shape index (κ3) is 7.73. The van der Waals surface area contributed by atoms with Gasteiger partial charge in [-0.05, 0) is 85.5 Å². The quantitative estimate of drug-likeness (QED) is 0.173. The van der Waals surface area contributed by atoms with Gasteiger partial charge in [0.1, 0.15) is 29.6 Å². The highest BCUT2D eigenvalue weighted by Gasteiger charge is 2.41. The number of nitrogens with zero attached hydrogens (tertiary/aromatic N) is 2. The molecule has 2 amide bonds. The number of primary amides is 1. The molecule has 2 bridgehead atoms. The number of pyridine rings is 1. The van der Waals surface area contributed by atoms with E-state index in [4.69, 9.17) is 15.2 Å². The zero-order valence-electron chi connectivity index (χ0n) is 25.5. The van der Waals surface area contributed by atoms with Crippen LogP contribution in [-0.4, -0.2) is 34.1 Å². The largest absolute Gasteiger partial charge is 0.490 e. The number of rotatable bonds is 14. The van der Waals surface area contributed by atoms with E-state index in [-0.39, 0.29) is 11.8 Å². The number of ether oxygens (including phenoxy) is 2. The Hall–Kier alpha value is -4.02. The van der Waals surface area contributed by atoms with E-state index >= 15 is 0 Å². The molecule has 44 heavy (non-hydrogen) atoms. The molecule has 10 heteroatoms. The molecule has 2 fully saturated rings. The normalized spacial score (nSPS) is 21.1. The summed E-state index contributed by atoms with van der Waals surface area (Å²) < 4.78 is 26.1. The Labute approximate surface area is 258 Å². The second-order valence-electron chi connectivity index (χ2n) is 12.2. The van der Waals surface area contributed by atoms with Crippen LogP contribution in [0.5, 0.6) is 11.5 Å². The topological polar surface area (TPSA) is 119 Å². The van der Waals surface area contributed by atoms with E-state index in [0.29, 0.717) is 29.9 Å². The summed E-state index contributed by atoms with van der Waals surface area (Å²) in [5.41, 5.74) is 10.6. The summed E-state index contributed by atoms with van der Waals surface area (Å²) >= 11 is 0. The number of hydrogen-bond acceptors (Lipinski definition) is 7. The molecule has 9 nitrogen and oxygen atoms in total. The molecule has 0 spiro atoms. The van der Waals surface area contributed by atoms with Crippen molar-refractivity contribution in [2.45, 2.75) is 71.5 Å². The van der Waals surface area contributed by atoms with Crippen molar-refractivity contribution < 1.29 is 23.5 Å². The second kappa shape index (κ2) is 14.2. The molecular weight excluding hydrogens is 561 g/mol. The average molecular weight is 604 g/mol. The first-order chi connectivity index (χ1) is 21.2. The number of halogens is 1. The maximum absolute atomic E-state index is 13.6. The standard InChI is InChI=1S/C34H42FN5O4/c1-21(2)34(42)40(38-19-23-7-12-28(13-8-23)43-30-18-24-6-9-25(30)17-24)32(22(3)31(36)41)39-33(26-5-4-16-37-20-26)44-29-14-10-27(35)11-15-29/h4-5,7-8,10-16,20-22,24-25,30,32-33,38-39H,6,9,17-19H2,1-3H3,(H2,36,41). The van der Waals surface area contributed by atoms with Gasteiger partial charge in [0.05, 0.1) is 5.92 Å². The van der Waals surface area contributed by atoms with E-state index in [2.05, 4.69) is 15.7 Å². The van der Waals surface area contributed by atoms with Crippen LogP contribution in [0, 0.1) is 29.5 Å². The van der Waals surface area contributed by atoms with Gasteiger partial charge < -0.3 is 15.2 Å². The Kier molecular flexibility index (Phi) is 10.1. The number of carbonyl (C=O) groups excluding carboxylic acids is 2. The van der Waals surface area contributed by atoms with Crippen LogP contribution in [0.3, 0.4) is 0 Å². The predicted molar refractivity (Wildman–Crippen MR) is 164 cm³/mol. The fraction of sp³-hybridized carbons (Fsp3) is 0.441. The smallest absolute Gasteiger partial charge is 0.240 e. The molecule has 234 valence electrons. The molecule has 5 rings (SSSR count). The SMILES string of the molecule is CC(C)C(=O)N(NCc1ccc(OC2CC3CCC2C3)cc1)C(NC(Oc1ccc(F)cc1)c1cccnc1)C(C)C(N)=O. The van der Waals surface area contributed by atoms with Crippen LogP contribution in [0.25, 0.3) is 0 Å². The first kappa shape index (κ1) is 31.4. The van der Waals surface area contributed by atoms with E-state index in [1.165, 1.54) is 48.5 Å². The maximum atomic E-state index is 13.6. The van der Waals surface area contributed by atoms with Crippen LogP contribution in [0.1, 0.15) is 63.8 Å². The van der Waals surface area contributed by atoms with Crippen LogP contribution in [0.2, 0.25) is 0 Å². The maximum Gasteiger partial charge on any atom is 0.240 e. The number of carbonyl (C=O) groups is 2. The highest BCUT2D eigenvalue weighted by molar-refractivity contribution is 5.81. The lowest BCUT2D eigenvalue weighted by atomic mass is 9.98. The van der Waals surface area contributed by atoms with Crippen LogP contribution < -0.4 is 25.9 Å². The van der Waals surface area contributed by atoms with Crippen molar-refractivity contribution in [2.75, 3.05) is 0 Å². The molecular formula is C34H42FN5O4. The number of nitrogens with two attached hydrogens (primary N) is 1. The molecule has 1 heterocycles. The number of hydrazine groups is 1. The van der Waals surface area contributed by atoms with E-state index in [1.807, 2.05) is 30.3 Å². The van der Waals surface area contributed by atoms with Gasteiger partial charge in [0.2, 0.25) is 11.8 Å². The van der Waals surface area contributed by atoms with Gasteiger partial charge in [-0.25, -0.2) is 9.82 Å². The Morgan fingerprint density at radius 3 is 2.34 bits per heavy atom. The van der Waals surface area contributed by atoms with Crippen LogP contribution in [-0.2, 0) is 16.1 Å². The summed E-state index contributed by atoms with van der Waals surface area (Å²) in [4.78, 5) is 30.4. The summed E-state index contributed by atoms with van der Waals surface area (Å²) in [6.45, 7) is 5.55. The Bertz CT molecular complexity index is 1390. The molecule has 3 aromatic rings. The average Bonchev–Trinajstić information content (AvgIpc) is 3.65. The second-order valence-corrected chi connectivity index (χ2v) is 12.2. The zero-order chi connectivity index (χ0) is 31.2. The van der Waals surface area contributed by atoms with Gasteiger partial charge in [-0.15, -0.1) is 0 Å². The molecule has 0 saturated heterocycles. The van der Waals surface area contributed by atoms with Crippen molar-refractivity contribution >= 4 is 11.8 Å².